The minimum atomic E-state index is -0.0597. The molecule has 0 aromatic heterocycles. The molecule has 0 saturated heterocycles. The highest BCUT2D eigenvalue weighted by Crippen LogP contribution is 2.30. The highest BCUT2D eigenvalue weighted by atomic mass is 16.2. The molecule has 0 spiro atoms. The van der Waals surface area contributed by atoms with Gasteiger partial charge in [-0.25, -0.2) is 0 Å². The molecule has 19 heavy (non-hydrogen) atoms. The zero-order valence-corrected chi connectivity index (χ0v) is 11.5. The second kappa shape index (κ2) is 4.97. The van der Waals surface area contributed by atoms with E-state index >= 15 is 0 Å². The number of rotatable bonds is 2. The van der Waals surface area contributed by atoms with E-state index in [0.29, 0.717) is 0 Å². The summed E-state index contributed by atoms with van der Waals surface area (Å²) < 4.78 is 0. The van der Waals surface area contributed by atoms with Crippen molar-refractivity contribution in [3.63, 3.8) is 0 Å². The average Bonchev–Trinajstić information content (AvgIpc) is 2.76. The van der Waals surface area contributed by atoms with E-state index in [0.717, 1.165) is 18.5 Å². The van der Waals surface area contributed by atoms with Gasteiger partial charge in [-0.3, -0.25) is 4.79 Å². The molecule has 1 unspecified atom stereocenters. The van der Waals surface area contributed by atoms with Crippen LogP contribution in [-0.2, 0) is 11.2 Å². The fraction of sp³-hybridized carbons (Fsp3) is 0.562. The molecule has 1 atom stereocenters. The highest BCUT2D eigenvalue weighted by Gasteiger charge is 2.34. The molecule has 1 aromatic carbocycles. The molecule has 2 N–H and O–H groups in total. The number of fused-ring (bicyclic) bond motifs is 1. The number of hydrogen-bond acceptors (Lipinski definition) is 2. The monoisotopic (exact) mass is 258 g/mol. The van der Waals surface area contributed by atoms with Gasteiger partial charge in [0.05, 0.1) is 6.04 Å². The first kappa shape index (κ1) is 12.7. The maximum atomic E-state index is 12.3. The van der Waals surface area contributed by atoms with Crippen LogP contribution in [0.3, 0.4) is 0 Å². The van der Waals surface area contributed by atoms with Crippen molar-refractivity contribution >= 4 is 11.6 Å². The fourth-order valence-electron chi connectivity index (χ4n) is 3.37. The van der Waals surface area contributed by atoms with E-state index in [2.05, 4.69) is 23.6 Å². The summed E-state index contributed by atoms with van der Waals surface area (Å²) in [6, 6.07) is 8.06. The zero-order valence-electron chi connectivity index (χ0n) is 11.5. The van der Waals surface area contributed by atoms with Crippen LogP contribution >= 0.6 is 0 Å². The van der Waals surface area contributed by atoms with Gasteiger partial charge in [0.1, 0.15) is 0 Å². The Morgan fingerprint density at radius 2 is 2.00 bits per heavy atom. The number of benzene rings is 1. The Morgan fingerprint density at radius 1 is 1.26 bits per heavy atom. The lowest BCUT2D eigenvalue weighted by molar-refractivity contribution is -0.118. The van der Waals surface area contributed by atoms with Gasteiger partial charge in [-0.05, 0) is 44.2 Å². The molecule has 1 aliphatic carbocycles. The van der Waals surface area contributed by atoms with Crippen molar-refractivity contribution in [1.29, 1.82) is 0 Å². The third kappa shape index (κ3) is 2.66. The fourth-order valence-corrected chi connectivity index (χ4v) is 3.37. The summed E-state index contributed by atoms with van der Waals surface area (Å²) in [7, 11) is 0. The SMILES string of the molecule is CC1(NC2CCc3ccccc3NC2=O)CCCC1. The molecule has 3 rings (SSSR count). The average molecular weight is 258 g/mol. The second-order valence-electron chi connectivity index (χ2n) is 6.15. The Hall–Kier alpha value is -1.35. The Bertz CT molecular complexity index is 477. The van der Waals surface area contributed by atoms with Gasteiger partial charge in [-0.2, -0.15) is 0 Å². The van der Waals surface area contributed by atoms with E-state index in [4.69, 9.17) is 0 Å². The lowest BCUT2D eigenvalue weighted by atomic mass is 9.97. The number of anilines is 1. The first-order chi connectivity index (χ1) is 9.16. The largest absolute Gasteiger partial charge is 0.324 e. The molecule has 3 heteroatoms. The molecule has 3 nitrogen and oxygen atoms in total. The molecule has 1 aromatic rings. The summed E-state index contributed by atoms with van der Waals surface area (Å²) in [5.74, 6) is 0.123. The van der Waals surface area contributed by atoms with E-state index in [1.165, 1.54) is 31.2 Å². The van der Waals surface area contributed by atoms with Crippen molar-refractivity contribution in [2.45, 2.75) is 57.0 Å². The predicted octanol–water partition coefficient (Wildman–Crippen LogP) is 2.86. The van der Waals surface area contributed by atoms with Gasteiger partial charge in [0.2, 0.25) is 5.91 Å². The molecule has 1 saturated carbocycles. The molecule has 0 bridgehead atoms. The number of carbonyl (C=O) groups excluding carboxylic acids is 1. The van der Waals surface area contributed by atoms with Gasteiger partial charge in [0, 0.05) is 11.2 Å². The van der Waals surface area contributed by atoms with Crippen LogP contribution in [0.25, 0.3) is 0 Å². The lowest BCUT2D eigenvalue weighted by Gasteiger charge is -2.30. The number of amides is 1. The van der Waals surface area contributed by atoms with Gasteiger partial charge < -0.3 is 10.6 Å². The number of aryl methyl sites for hydroxylation is 1. The summed E-state index contributed by atoms with van der Waals surface area (Å²) >= 11 is 0. The number of para-hydroxylation sites is 1. The van der Waals surface area contributed by atoms with E-state index in [1.807, 2.05) is 18.2 Å². The van der Waals surface area contributed by atoms with Gasteiger partial charge in [-0.15, -0.1) is 0 Å². The first-order valence-corrected chi connectivity index (χ1v) is 7.33. The van der Waals surface area contributed by atoms with Gasteiger partial charge in [0.15, 0.2) is 0 Å². The molecule has 1 amide bonds. The normalized spacial score (nSPS) is 25.5. The quantitative estimate of drug-likeness (QED) is 0.856. The van der Waals surface area contributed by atoms with E-state index in [9.17, 15) is 4.79 Å². The van der Waals surface area contributed by atoms with Crippen LogP contribution < -0.4 is 10.6 Å². The highest BCUT2D eigenvalue weighted by molar-refractivity contribution is 5.96. The summed E-state index contributed by atoms with van der Waals surface area (Å²) in [5, 5.41) is 6.67. The number of nitrogens with one attached hydrogen (secondary N) is 2. The summed E-state index contributed by atoms with van der Waals surface area (Å²) in [6.45, 7) is 2.26. The number of hydrogen-bond donors (Lipinski definition) is 2. The van der Waals surface area contributed by atoms with Gasteiger partial charge in [0.25, 0.3) is 0 Å². The van der Waals surface area contributed by atoms with Crippen LogP contribution in [0.2, 0.25) is 0 Å². The Kier molecular flexibility index (Phi) is 3.31. The molecule has 102 valence electrons. The molecule has 1 heterocycles. The van der Waals surface area contributed by atoms with Crippen LogP contribution in [0.5, 0.6) is 0 Å². The van der Waals surface area contributed by atoms with Gasteiger partial charge in [-0.1, -0.05) is 31.0 Å². The minimum absolute atomic E-state index is 0.0597. The first-order valence-electron chi connectivity index (χ1n) is 7.33. The van der Waals surface area contributed by atoms with Crippen molar-refractivity contribution in [3.8, 4) is 0 Å². The Balaban J connectivity index is 1.74. The summed E-state index contributed by atoms with van der Waals surface area (Å²) in [4.78, 5) is 12.3. The van der Waals surface area contributed by atoms with Crippen LogP contribution in [-0.4, -0.2) is 17.5 Å². The third-order valence-corrected chi connectivity index (χ3v) is 4.52. The number of carbonyl (C=O) groups is 1. The maximum absolute atomic E-state index is 12.3. The predicted molar refractivity (Wildman–Crippen MR) is 77.2 cm³/mol. The molecule has 2 aliphatic rings. The molecule has 0 radical (unpaired) electrons. The van der Waals surface area contributed by atoms with Crippen LogP contribution in [0.15, 0.2) is 24.3 Å². The van der Waals surface area contributed by atoms with Crippen LogP contribution in [0, 0.1) is 0 Å². The summed E-state index contributed by atoms with van der Waals surface area (Å²) in [5.41, 5.74) is 2.38. The smallest absolute Gasteiger partial charge is 0.241 e. The summed E-state index contributed by atoms with van der Waals surface area (Å²) in [6.07, 6.45) is 6.77. The van der Waals surface area contributed by atoms with Gasteiger partial charge >= 0.3 is 0 Å². The van der Waals surface area contributed by atoms with E-state index < -0.39 is 0 Å². The van der Waals surface area contributed by atoms with Crippen LogP contribution in [0.4, 0.5) is 5.69 Å². The standard InChI is InChI=1S/C16H22N2O/c1-16(10-4-5-11-16)18-14-9-8-12-6-2-3-7-13(12)17-15(14)19/h2-3,6-7,14,18H,4-5,8-11H2,1H3,(H,17,19). The van der Waals surface area contributed by atoms with Crippen molar-refractivity contribution < 1.29 is 4.79 Å². The van der Waals surface area contributed by atoms with Crippen molar-refractivity contribution in [2.75, 3.05) is 5.32 Å². The lowest BCUT2D eigenvalue weighted by Crippen LogP contribution is -2.51. The van der Waals surface area contributed by atoms with Crippen LogP contribution in [0.1, 0.15) is 44.6 Å². The van der Waals surface area contributed by atoms with Crippen molar-refractivity contribution in [3.05, 3.63) is 29.8 Å². The minimum Gasteiger partial charge on any atom is -0.324 e. The van der Waals surface area contributed by atoms with Crippen molar-refractivity contribution in [1.82, 2.24) is 5.32 Å². The van der Waals surface area contributed by atoms with E-state index in [-0.39, 0.29) is 17.5 Å². The van der Waals surface area contributed by atoms with E-state index in [1.54, 1.807) is 0 Å². The van der Waals surface area contributed by atoms with Crippen molar-refractivity contribution in [2.24, 2.45) is 0 Å². The Labute approximate surface area is 114 Å². The topological polar surface area (TPSA) is 41.1 Å². The maximum Gasteiger partial charge on any atom is 0.241 e. The zero-order chi connectivity index (χ0) is 13.3. The molecule has 1 aliphatic heterocycles. The molecular formula is C16H22N2O. The Morgan fingerprint density at radius 3 is 2.79 bits per heavy atom. The molecule has 1 fully saturated rings. The second-order valence-corrected chi connectivity index (χ2v) is 6.15. The third-order valence-electron chi connectivity index (χ3n) is 4.52. The molecular weight excluding hydrogens is 236 g/mol.